The minimum absolute atomic E-state index is 0. The molecule has 2 unspecified atom stereocenters. The first-order valence-electron chi connectivity index (χ1n) is 8.98. The molecule has 0 spiro atoms. The Morgan fingerprint density at radius 1 is 0.929 bits per heavy atom. The Bertz CT molecular complexity index is 884. The van der Waals surface area contributed by atoms with Gasteiger partial charge in [0.2, 0.25) is 0 Å². The van der Waals surface area contributed by atoms with Crippen LogP contribution in [0.1, 0.15) is 30.5 Å². The third kappa shape index (κ3) is 4.50. The van der Waals surface area contributed by atoms with E-state index in [1.165, 1.54) is 22.7 Å². The van der Waals surface area contributed by atoms with Crippen molar-refractivity contribution in [2.75, 3.05) is 23.8 Å². The molecule has 28 heavy (non-hydrogen) atoms. The highest BCUT2D eigenvalue weighted by Gasteiger charge is 2.18. The minimum atomic E-state index is -0.472. The van der Waals surface area contributed by atoms with Crippen molar-refractivity contribution in [2.24, 2.45) is 0 Å². The minimum Gasteiger partial charge on any atom is -0.464 e. The van der Waals surface area contributed by atoms with Crippen LogP contribution in [0, 0.1) is 0 Å². The van der Waals surface area contributed by atoms with Crippen molar-refractivity contribution in [2.45, 2.75) is 39.8 Å². The molecule has 2 atom stereocenters. The summed E-state index contributed by atoms with van der Waals surface area (Å²) in [5, 5.41) is 7.46. The summed E-state index contributed by atoms with van der Waals surface area (Å²) >= 11 is 2.93. The second-order valence-electron chi connectivity index (χ2n) is 6.06. The van der Waals surface area contributed by atoms with Crippen LogP contribution in [0.15, 0.2) is 12.1 Å². The number of carbonyl (C=O) groups is 2. The number of hydrogen-bond donors (Lipinski definition) is 2. The molecule has 8 nitrogen and oxygen atoms in total. The molecule has 154 valence electrons. The number of anilines is 2. The number of carbonyl (C=O) groups excluding carboxylic acids is 2. The Morgan fingerprint density at radius 3 is 1.75 bits per heavy atom. The van der Waals surface area contributed by atoms with Crippen LogP contribution in [0.2, 0.25) is 0 Å². The van der Waals surface area contributed by atoms with Crippen molar-refractivity contribution < 1.29 is 21.9 Å². The smallest absolute Gasteiger partial charge is 0.328 e. The summed E-state index contributed by atoms with van der Waals surface area (Å²) in [7, 11) is 0. The molecule has 1 aromatic carbocycles. The third-order valence-corrected chi connectivity index (χ3v) is 5.76. The fourth-order valence-corrected chi connectivity index (χ4v) is 4.52. The molecule has 2 aromatic heterocycles. The lowest BCUT2D eigenvalue weighted by Gasteiger charge is -2.10. The molecular formula is C18H26N4O4S2. The van der Waals surface area contributed by atoms with E-state index in [-0.39, 0.29) is 14.8 Å². The second kappa shape index (κ2) is 8.70. The highest BCUT2D eigenvalue weighted by Crippen LogP contribution is 2.34. The highest BCUT2D eigenvalue weighted by molar-refractivity contribution is 7.24. The predicted octanol–water partition coefficient (Wildman–Crippen LogP) is 4.13. The fraction of sp³-hybridized carbons (Fsp3) is 0.444. The van der Waals surface area contributed by atoms with Gasteiger partial charge >= 0.3 is 11.9 Å². The molecule has 3 aromatic rings. The number of rotatable bonds is 8. The van der Waals surface area contributed by atoms with Gasteiger partial charge < -0.3 is 20.1 Å². The maximum absolute atomic E-state index is 11.8. The lowest BCUT2D eigenvalue weighted by molar-refractivity contribution is -0.144. The van der Waals surface area contributed by atoms with Crippen molar-refractivity contribution in [3.05, 3.63) is 12.1 Å². The molecule has 0 aliphatic carbocycles. The van der Waals surface area contributed by atoms with Gasteiger partial charge in [-0.05, 0) is 39.8 Å². The normalized spacial score (nSPS) is 13.3. The summed E-state index contributed by atoms with van der Waals surface area (Å²) in [5.74, 6) is -0.619. The van der Waals surface area contributed by atoms with Crippen LogP contribution in [0.5, 0.6) is 0 Å². The maximum Gasteiger partial charge on any atom is 0.328 e. The summed E-state index contributed by atoms with van der Waals surface area (Å²) < 4.78 is 12.0. The molecule has 0 radical (unpaired) electrons. The largest absolute Gasteiger partial charge is 0.464 e. The first-order valence-corrected chi connectivity index (χ1v) is 10.6. The number of aromatic nitrogens is 2. The molecule has 3 rings (SSSR count). The number of hydrogen-bond acceptors (Lipinski definition) is 10. The first-order chi connectivity index (χ1) is 13.4. The molecular weight excluding hydrogens is 400 g/mol. The zero-order valence-electron chi connectivity index (χ0n) is 16.1. The Balaban J connectivity index is 0.00000225. The number of esters is 2. The van der Waals surface area contributed by atoms with Crippen LogP contribution in [-0.2, 0) is 19.1 Å². The molecule has 0 aliphatic rings. The van der Waals surface area contributed by atoms with Gasteiger partial charge in [-0.1, -0.05) is 22.7 Å². The third-order valence-electron chi connectivity index (χ3n) is 3.86. The molecule has 0 aliphatic heterocycles. The maximum atomic E-state index is 11.8. The Morgan fingerprint density at radius 2 is 1.36 bits per heavy atom. The summed E-state index contributed by atoms with van der Waals surface area (Å²) in [5.41, 5.74) is 1.60. The predicted molar refractivity (Wildman–Crippen MR) is 116 cm³/mol. The summed E-state index contributed by atoms with van der Waals surface area (Å²) in [6.45, 7) is 7.73. The van der Waals surface area contributed by atoms with Crippen LogP contribution in [0.3, 0.4) is 0 Å². The van der Waals surface area contributed by atoms with Gasteiger partial charge in [-0.2, -0.15) is 0 Å². The van der Waals surface area contributed by atoms with Gasteiger partial charge in [0.1, 0.15) is 12.1 Å². The number of benzene rings is 1. The van der Waals surface area contributed by atoms with E-state index in [9.17, 15) is 9.59 Å². The Kier molecular flexibility index (Phi) is 6.30. The van der Waals surface area contributed by atoms with Gasteiger partial charge in [-0.3, -0.25) is 0 Å². The lowest BCUT2D eigenvalue weighted by atomic mass is 10.3. The van der Waals surface area contributed by atoms with E-state index in [1.54, 1.807) is 27.7 Å². The molecule has 0 saturated heterocycles. The molecule has 10 heteroatoms. The quantitative estimate of drug-likeness (QED) is 0.519. The summed E-state index contributed by atoms with van der Waals surface area (Å²) in [6, 6.07) is 2.97. The molecule has 0 bridgehead atoms. The Labute approximate surface area is 173 Å². The molecule has 0 fully saturated rings. The van der Waals surface area contributed by atoms with E-state index in [0.29, 0.717) is 23.5 Å². The van der Waals surface area contributed by atoms with E-state index in [4.69, 9.17) is 9.47 Å². The zero-order valence-corrected chi connectivity index (χ0v) is 17.7. The van der Waals surface area contributed by atoms with Crippen molar-refractivity contribution >= 4 is 65.3 Å². The average Bonchev–Trinajstić information content (AvgIpc) is 3.21. The molecule has 0 saturated carbocycles. The van der Waals surface area contributed by atoms with Gasteiger partial charge in [0.25, 0.3) is 0 Å². The lowest BCUT2D eigenvalue weighted by Crippen LogP contribution is -2.28. The number of thiazole rings is 2. The van der Waals surface area contributed by atoms with Gasteiger partial charge in [-0.25, -0.2) is 19.6 Å². The number of fused-ring (bicyclic) bond motifs is 2. The monoisotopic (exact) mass is 426 g/mol. The van der Waals surface area contributed by atoms with E-state index >= 15 is 0 Å². The van der Waals surface area contributed by atoms with E-state index < -0.39 is 12.1 Å². The molecule has 2 heterocycles. The molecule has 2 N–H and O–H groups in total. The van der Waals surface area contributed by atoms with Crippen LogP contribution < -0.4 is 10.6 Å². The van der Waals surface area contributed by atoms with Gasteiger partial charge in [-0.15, -0.1) is 0 Å². The topological polar surface area (TPSA) is 102 Å². The Hall–Kier alpha value is -2.46. The number of ether oxygens (including phenoxy) is 2. The van der Waals surface area contributed by atoms with Gasteiger partial charge in [0.15, 0.2) is 10.3 Å². The summed E-state index contributed by atoms with van der Waals surface area (Å²) in [6.07, 6.45) is 0. The number of nitrogens with one attached hydrogen (secondary N) is 2. The van der Waals surface area contributed by atoms with Crippen LogP contribution in [-0.4, -0.2) is 47.2 Å². The summed E-state index contributed by atoms with van der Waals surface area (Å²) in [4.78, 5) is 32.6. The van der Waals surface area contributed by atoms with Crippen molar-refractivity contribution in [1.29, 1.82) is 0 Å². The average molecular weight is 427 g/mol. The van der Waals surface area contributed by atoms with Crippen LogP contribution in [0.4, 0.5) is 10.3 Å². The standard InChI is InChI=1S/C18H22N4O4S2.2H2/c1-5-25-15(23)9(3)19-17-21-11-7-12-14(8-13(11)27-17)28-18(22-12)20-10(4)16(24)26-6-2;;/h7-10H,5-6H2,1-4H3,(H,19,21)(H,20,22);2*1H. The van der Waals surface area contributed by atoms with Gasteiger partial charge in [0, 0.05) is 2.85 Å². The first kappa shape index (κ1) is 20.3. The van der Waals surface area contributed by atoms with Crippen molar-refractivity contribution in [3.63, 3.8) is 0 Å². The van der Waals surface area contributed by atoms with E-state index in [1.807, 2.05) is 12.1 Å². The zero-order chi connectivity index (χ0) is 20.3. The van der Waals surface area contributed by atoms with E-state index in [2.05, 4.69) is 20.6 Å². The van der Waals surface area contributed by atoms with Crippen molar-refractivity contribution in [3.8, 4) is 0 Å². The highest BCUT2D eigenvalue weighted by atomic mass is 32.1. The fourth-order valence-electron chi connectivity index (χ4n) is 2.50. The van der Waals surface area contributed by atoms with Gasteiger partial charge in [0.05, 0.1) is 33.6 Å². The second-order valence-corrected chi connectivity index (χ2v) is 8.12. The number of nitrogens with zero attached hydrogens (tertiary/aromatic N) is 2. The molecule has 0 amide bonds. The van der Waals surface area contributed by atoms with E-state index in [0.717, 1.165) is 20.4 Å². The van der Waals surface area contributed by atoms with Crippen LogP contribution >= 0.6 is 22.7 Å². The SMILES string of the molecule is CCOC(=O)C(C)Nc1nc2cc3nc(NC(C)C(=O)OCC)sc3cc2s1.[HH].[HH]. The van der Waals surface area contributed by atoms with Crippen LogP contribution in [0.25, 0.3) is 20.4 Å². The van der Waals surface area contributed by atoms with Crippen molar-refractivity contribution in [1.82, 2.24) is 9.97 Å².